The van der Waals surface area contributed by atoms with E-state index in [1.807, 2.05) is 0 Å². The smallest absolute Gasteiger partial charge is 0.0484 e. The molecule has 0 aliphatic carbocycles. The highest BCUT2D eigenvalue weighted by atomic mass is 79.9. The molecule has 2 N–H and O–H groups in total. The van der Waals surface area contributed by atoms with Crippen LogP contribution in [0.25, 0.3) is 10.4 Å². The summed E-state index contributed by atoms with van der Waals surface area (Å²) in [7, 11) is 0. The topological polar surface area (TPSA) is 26.0 Å². The molecule has 0 fully saturated rings. The molecule has 0 radical (unpaired) electrons. The van der Waals surface area contributed by atoms with Crippen LogP contribution in [0.4, 0.5) is 0 Å². The van der Waals surface area contributed by atoms with Gasteiger partial charge in [-0.3, -0.25) is 0 Å². The molecule has 0 atom stereocenters. The second kappa shape index (κ2) is 4.26. The Hall–Kier alpha value is -0.640. The molecule has 14 heavy (non-hydrogen) atoms. The minimum atomic E-state index is 0.603. The maximum absolute atomic E-state index is 5.54. The Balaban J connectivity index is 2.39. The molecule has 0 aliphatic rings. The number of halogens is 1. The first-order valence-corrected chi connectivity index (χ1v) is 6.01. The summed E-state index contributed by atoms with van der Waals surface area (Å²) >= 11 is 5.26. The molecule has 1 aromatic heterocycles. The van der Waals surface area contributed by atoms with Crippen molar-refractivity contribution < 1.29 is 0 Å². The van der Waals surface area contributed by atoms with Crippen LogP contribution in [0.3, 0.4) is 0 Å². The summed E-state index contributed by atoms with van der Waals surface area (Å²) in [5.74, 6) is 0. The normalized spacial score (nSPS) is 10.4. The van der Waals surface area contributed by atoms with E-state index in [2.05, 4.69) is 51.6 Å². The third-order valence-corrected chi connectivity index (χ3v) is 3.96. The van der Waals surface area contributed by atoms with Gasteiger partial charge in [0.1, 0.15) is 0 Å². The van der Waals surface area contributed by atoms with E-state index < -0.39 is 0 Å². The van der Waals surface area contributed by atoms with Crippen LogP contribution in [-0.2, 0) is 6.54 Å². The maximum atomic E-state index is 5.54. The van der Waals surface area contributed by atoms with Gasteiger partial charge in [0.15, 0.2) is 0 Å². The molecule has 0 spiro atoms. The van der Waals surface area contributed by atoms with Gasteiger partial charge >= 0.3 is 0 Å². The Bertz CT molecular complexity index is 419. The molecular weight excluding hydrogens is 258 g/mol. The molecule has 0 bridgehead atoms. The Morgan fingerprint density at radius 2 is 1.86 bits per heavy atom. The molecule has 1 aromatic carbocycles. The van der Waals surface area contributed by atoms with E-state index >= 15 is 0 Å². The van der Waals surface area contributed by atoms with Crippen molar-refractivity contribution in [1.82, 2.24) is 0 Å². The van der Waals surface area contributed by atoms with E-state index in [0.29, 0.717) is 6.54 Å². The van der Waals surface area contributed by atoms with Crippen molar-refractivity contribution in [3.05, 3.63) is 45.7 Å². The molecule has 1 nitrogen and oxygen atoms in total. The second-order valence-corrected chi connectivity index (χ2v) is 4.77. The third kappa shape index (κ3) is 1.90. The average Bonchev–Trinajstić information content (AvgIpc) is 2.65. The van der Waals surface area contributed by atoms with E-state index in [1.165, 1.54) is 16.0 Å². The summed E-state index contributed by atoms with van der Waals surface area (Å²) in [6, 6.07) is 10.4. The van der Waals surface area contributed by atoms with Gasteiger partial charge < -0.3 is 5.73 Å². The monoisotopic (exact) mass is 267 g/mol. The van der Waals surface area contributed by atoms with Crippen LogP contribution < -0.4 is 5.73 Å². The fourth-order valence-corrected chi connectivity index (χ4v) is 2.90. The van der Waals surface area contributed by atoms with Crippen molar-refractivity contribution in [2.75, 3.05) is 0 Å². The van der Waals surface area contributed by atoms with E-state index in [0.717, 1.165) is 4.47 Å². The van der Waals surface area contributed by atoms with Crippen LogP contribution >= 0.6 is 27.3 Å². The lowest BCUT2D eigenvalue weighted by Crippen LogP contribution is -1.94. The molecular formula is C11H10BrNS. The Kier molecular flexibility index (Phi) is 3.01. The van der Waals surface area contributed by atoms with Crippen molar-refractivity contribution in [1.29, 1.82) is 0 Å². The van der Waals surface area contributed by atoms with Gasteiger partial charge in [0.25, 0.3) is 0 Å². The van der Waals surface area contributed by atoms with Crippen LogP contribution in [0.15, 0.2) is 40.2 Å². The number of nitrogens with two attached hydrogens (primary N) is 1. The number of hydrogen-bond donors (Lipinski definition) is 1. The van der Waals surface area contributed by atoms with E-state index in [1.54, 1.807) is 11.3 Å². The van der Waals surface area contributed by atoms with Gasteiger partial charge in [0.2, 0.25) is 0 Å². The largest absolute Gasteiger partial charge is 0.326 e. The molecule has 0 saturated carbocycles. The predicted molar refractivity (Wildman–Crippen MR) is 65.3 cm³/mol. The highest BCUT2D eigenvalue weighted by Gasteiger charge is 2.03. The average molecular weight is 268 g/mol. The SMILES string of the molecule is NCc1ccc(-c2sccc2Br)cc1. The predicted octanol–water partition coefficient (Wildman–Crippen LogP) is 3.64. The van der Waals surface area contributed by atoms with Crippen LogP contribution in [-0.4, -0.2) is 0 Å². The fourth-order valence-electron chi connectivity index (χ4n) is 1.29. The molecule has 0 aliphatic heterocycles. The Morgan fingerprint density at radius 3 is 2.36 bits per heavy atom. The van der Waals surface area contributed by atoms with E-state index in [4.69, 9.17) is 5.73 Å². The molecule has 3 heteroatoms. The molecule has 0 amide bonds. The van der Waals surface area contributed by atoms with Gasteiger partial charge in [-0.15, -0.1) is 11.3 Å². The van der Waals surface area contributed by atoms with Gasteiger partial charge in [-0.1, -0.05) is 24.3 Å². The molecule has 2 rings (SSSR count). The van der Waals surface area contributed by atoms with Crippen LogP contribution in [0.2, 0.25) is 0 Å². The second-order valence-electron chi connectivity index (χ2n) is 3.00. The zero-order valence-electron chi connectivity index (χ0n) is 7.53. The van der Waals surface area contributed by atoms with Crippen molar-refractivity contribution in [3.63, 3.8) is 0 Å². The van der Waals surface area contributed by atoms with Crippen LogP contribution in [0.1, 0.15) is 5.56 Å². The zero-order chi connectivity index (χ0) is 9.97. The van der Waals surface area contributed by atoms with Crippen molar-refractivity contribution >= 4 is 27.3 Å². The fraction of sp³-hybridized carbons (Fsp3) is 0.0909. The maximum Gasteiger partial charge on any atom is 0.0484 e. The number of hydrogen-bond acceptors (Lipinski definition) is 2. The first kappa shape index (κ1) is 9.90. The summed E-state index contributed by atoms with van der Waals surface area (Å²) in [6.45, 7) is 0.603. The first-order valence-electron chi connectivity index (χ1n) is 4.33. The van der Waals surface area contributed by atoms with Crippen LogP contribution in [0, 0.1) is 0 Å². The minimum absolute atomic E-state index is 0.603. The van der Waals surface area contributed by atoms with Crippen LogP contribution in [0.5, 0.6) is 0 Å². The molecule has 2 aromatic rings. The summed E-state index contributed by atoms with van der Waals surface area (Å²) < 4.78 is 1.16. The lowest BCUT2D eigenvalue weighted by Gasteiger charge is -2.00. The first-order chi connectivity index (χ1) is 6.81. The Labute approximate surface area is 95.7 Å². The highest BCUT2D eigenvalue weighted by molar-refractivity contribution is 9.10. The van der Waals surface area contributed by atoms with Gasteiger partial charge in [-0.2, -0.15) is 0 Å². The molecule has 0 saturated heterocycles. The lowest BCUT2D eigenvalue weighted by molar-refractivity contribution is 1.07. The van der Waals surface area contributed by atoms with E-state index in [9.17, 15) is 0 Å². The summed E-state index contributed by atoms with van der Waals surface area (Å²) in [6.07, 6.45) is 0. The Morgan fingerprint density at radius 1 is 1.14 bits per heavy atom. The van der Waals surface area contributed by atoms with Crippen molar-refractivity contribution in [3.8, 4) is 10.4 Å². The quantitative estimate of drug-likeness (QED) is 0.884. The van der Waals surface area contributed by atoms with Crippen molar-refractivity contribution in [2.24, 2.45) is 5.73 Å². The third-order valence-electron chi connectivity index (χ3n) is 2.07. The standard InChI is InChI=1S/C11H10BrNS/c12-10-5-6-14-11(10)9-3-1-8(7-13)2-4-9/h1-6H,7,13H2. The minimum Gasteiger partial charge on any atom is -0.326 e. The van der Waals surface area contributed by atoms with Gasteiger partial charge in [-0.05, 0) is 38.5 Å². The molecule has 0 unspecified atom stereocenters. The van der Waals surface area contributed by atoms with Crippen molar-refractivity contribution in [2.45, 2.75) is 6.54 Å². The number of benzene rings is 1. The lowest BCUT2D eigenvalue weighted by atomic mass is 10.1. The van der Waals surface area contributed by atoms with Gasteiger partial charge in [-0.25, -0.2) is 0 Å². The van der Waals surface area contributed by atoms with E-state index in [-0.39, 0.29) is 0 Å². The number of thiophene rings is 1. The molecule has 1 heterocycles. The summed E-state index contributed by atoms with van der Waals surface area (Å²) in [4.78, 5) is 1.27. The zero-order valence-corrected chi connectivity index (χ0v) is 9.94. The summed E-state index contributed by atoms with van der Waals surface area (Å²) in [5, 5.41) is 2.08. The summed E-state index contributed by atoms with van der Waals surface area (Å²) in [5.41, 5.74) is 7.95. The van der Waals surface area contributed by atoms with Gasteiger partial charge in [0, 0.05) is 15.9 Å². The highest BCUT2D eigenvalue weighted by Crippen LogP contribution is 2.33. The molecule has 72 valence electrons. The number of rotatable bonds is 2. The van der Waals surface area contributed by atoms with Gasteiger partial charge in [0.05, 0.1) is 0 Å².